The predicted octanol–water partition coefficient (Wildman–Crippen LogP) is 4.92. The van der Waals surface area contributed by atoms with Gasteiger partial charge in [-0.15, -0.1) is 11.3 Å². The zero-order chi connectivity index (χ0) is 12.7. The third-order valence-corrected chi connectivity index (χ3v) is 5.55. The minimum absolute atomic E-state index is 0.522. The Morgan fingerprint density at radius 1 is 1.22 bits per heavy atom. The van der Waals surface area contributed by atoms with Gasteiger partial charge in [-0.1, -0.05) is 29.8 Å². The van der Waals surface area contributed by atoms with Crippen molar-refractivity contribution >= 4 is 55.6 Å². The molecule has 0 saturated heterocycles. The summed E-state index contributed by atoms with van der Waals surface area (Å²) in [6.45, 7) is 1.95. The molecule has 3 aromatic rings. The highest BCUT2D eigenvalue weighted by molar-refractivity contribution is 14.1. The monoisotopic (exact) mass is 386 g/mol. The number of benzene rings is 1. The van der Waals surface area contributed by atoms with Crippen LogP contribution in [0.2, 0.25) is 5.15 Å². The van der Waals surface area contributed by atoms with E-state index < -0.39 is 0 Å². The second kappa shape index (κ2) is 4.75. The van der Waals surface area contributed by atoms with Crippen molar-refractivity contribution in [3.63, 3.8) is 0 Å². The van der Waals surface area contributed by atoms with Crippen LogP contribution >= 0.6 is 45.5 Å². The summed E-state index contributed by atoms with van der Waals surface area (Å²) >= 11 is 10.00. The molecule has 0 aliphatic rings. The molecule has 2 nitrogen and oxygen atoms in total. The van der Waals surface area contributed by atoms with Crippen molar-refractivity contribution in [2.45, 2.75) is 6.92 Å². The second-order valence-electron chi connectivity index (χ2n) is 3.88. The Labute approximate surface area is 127 Å². The molecule has 0 fully saturated rings. The van der Waals surface area contributed by atoms with Gasteiger partial charge in [0.05, 0.1) is 9.26 Å². The van der Waals surface area contributed by atoms with Crippen molar-refractivity contribution < 1.29 is 0 Å². The number of fused-ring (bicyclic) bond motifs is 1. The molecule has 0 amide bonds. The van der Waals surface area contributed by atoms with Gasteiger partial charge in [0.1, 0.15) is 5.15 Å². The fourth-order valence-corrected chi connectivity index (χ4v) is 3.19. The summed E-state index contributed by atoms with van der Waals surface area (Å²) < 4.78 is 2.15. The lowest BCUT2D eigenvalue weighted by Crippen LogP contribution is -1.95. The van der Waals surface area contributed by atoms with Crippen molar-refractivity contribution in [2.24, 2.45) is 0 Å². The Morgan fingerprint density at radius 3 is 2.78 bits per heavy atom. The van der Waals surface area contributed by atoms with Gasteiger partial charge >= 0.3 is 0 Å². The molecular formula is C13H8ClIN2S. The Hall–Kier alpha value is -0.720. The molecule has 18 heavy (non-hydrogen) atoms. The lowest BCUT2D eigenvalue weighted by atomic mass is 10.1. The van der Waals surface area contributed by atoms with Crippen molar-refractivity contribution in [1.82, 2.24) is 9.97 Å². The first kappa shape index (κ1) is 12.3. The maximum atomic E-state index is 6.13. The maximum absolute atomic E-state index is 6.13. The fourth-order valence-electron chi connectivity index (χ4n) is 1.80. The number of hydrogen-bond acceptors (Lipinski definition) is 3. The van der Waals surface area contributed by atoms with Crippen LogP contribution in [0.15, 0.2) is 29.6 Å². The van der Waals surface area contributed by atoms with E-state index >= 15 is 0 Å². The third kappa shape index (κ3) is 2.02. The molecule has 3 rings (SSSR count). The van der Waals surface area contributed by atoms with Crippen LogP contribution in [0.4, 0.5) is 0 Å². The molecule has 90 valence electrons. The first-order valence-electron chi connectivity index (χ1n) is 5.33. The lowest BCUT2D eigenvalue weighted by Gasteiger charge is -2.04. The van der Waals surface area contributed by atoms with Gasteiger partial charge in [0.15, 0.2) is 5.82 Å². The van der Waals surface area contributed by atoms with Gasteiger partial charge in [-0.2, -0.15) is 0 Å². The summed E-state index contributed by atoms with van der Waals surface area (Å²) in [6, 6.07) is 8.26. The van der Waals surface area contributed by atoms with E-state index in [1.807, 2.05) is 19.1 Å². The third-order valence-electron chi connectivity index (χ3n) is 2.70. The number of thiophene rings is 1. The van der Waals surface area contributed by atoms with Crippen LogP contribution in [-0.2, 0) is 0 Å². The van der Waals surface area contributed by atoms with Gasteiger partial charge in [0, 0.05) is 21.0 Å². The van der Waals surface area contributed by atoms with Crippen LogP contribution < -0.4 is 0 Å². The molecule has 0 unspecified atom stereocenters. The highest BCUT2D eigenvalue weighted by Gasteiger charge is 2.12. The minimum atomic E-state index is 0.522. The molecule has 0 aliphatic carbocycles. The average Bonchev–Trinajstić information content (AvgIpc) is 2.79. The first-order chi connectivity index (χ1) is 8.66. The smallest absolute Gasteiger partial charge is 0.162 e. The minimum Gasteiger partial charge on any atom is -0.232 e. The van der Waals surface area contributed by atoms with E-state index in [1.54, 1.807) is 11.3 Å². The molecule has 2 heterocycles. The predicted molar refractivity (Wildman–Crippen MR) is 85.3 cm³/mol. The molecular weight excluding hydrogens is 379 g/mol. The lowest BCUT2D eigenvalue weighted by molar-refractivity contribution is 1.10. The van der Waals surface area contributed by atoms with Crippen molar-refractivity contribution in [1.29, 1.82) is 0 Å². The molecule has 0 N–H and O–H groups in total. The zero-order valence-corrected chi connectivity index (χ0v) is 13.2. The molecule has 0 spiro atoms. The highest BCUT2D eigenvalue weighted by atomic mass is 127. The van der Waals surface area contributed by atoms with Crippen molar-refractivity contribution in [2.75, 3.05) is 0 Å². The Kier molecular flexibility index (Phi) is 3.25. The second-order valence-corrected chi connectivity index (χ2v) is 6.23. The number of aromatic nitrogens is 2. The molecule has 2 aromatic heterocycles. The Balaban J connectivity index is 2.26. The normalized spacial score (nSPS) is 11.1. The van der Waals surface area contributed by atoms with E-state index in [9.17, 15) is 0 Å². The van der Waals surface area contributed by atoms with Gasteiger partial charge in [-0.05, 0) is 35.6 Å². The molecule has 5 heteroatoms. The van der Waals surface area contributed by atoms with Gasteiger partial charge in [-0.3, -0.25) is 0 Å². The number of rotatable bonds is 1. The number of hydrogen-bond donors (Lipinski definition) is 0. The summed E-state index contributed by atoms with van der Waals surface area (Å²) in [5.74, 6) is 0.704. The maximum Gasteiger partial charge on any atom is 0.162 e. The molecule has 0 atom stereocenters. The summed E-state index contributed by atoms with van der Waals surface area (Å²) in [6.07, 6.45) is 0. The largest absolute Gasteiger partial charge is 0.232 e. The quantitative estimate of drug-likeness (QED) is 0.438. The van der Waals surface area contributed by atoms with E-state index in [2.05, 4.69) is 50.1 Å². The van der Waals surface area contributed by atoms with E-state index in [1.165, 1.54) is 10.1 Å². The zero-order valence-electron chi connectivity index (χ0n) is 9.45. The van der Waals surface area contributed by atoms with Crippen LogP contribution in [0.3, 0.4) is 0 Å². The van der Waals surface area contributed by atoms with Gasteiger partial charge in [0.25, 0.3) is 0 Å². The topological polar surface area (TPSA) is 25.8 Å². The fraction of sp³-hybridized carbons (Fsp3) is 0.0769. The van der Waals surface area contributed by atoms with Gasteiger partial charge in [-0.25, -0.2) is 9.97 Å². The van der Waals surface area contributed by atoms with E-state index in [0.717, 1.165) is 14.8 Å². The summed E-state index contributed by atoms with van der Waals surface area (Å²) in [5, 5.41) is 3.79. The number of nitrogens with zero attached hydrogens (tertiary/aromatic N) is 2. The van der Waals surface area contributed by atoms with E-state index in [0.29, 0.717) is 11.0 Å². The average molecular weight is 387 g/mol. The van der Waals surface area contributed by atoms with Crippen LogP contribution in [0.25, 0.3) is 21.5 Å². The van der Waals surface area contributed by atoms with Gasteiger partial charge < -0.3 is 0 Å². The van der Waals surface area contributed by atoms with E-state index in [4.69, 9.17) is 11.6 Å². The molecule has 0 radical (unpaired) electrons. The van der Waals surface area contributed by atoms with Crippen LogP contribution in [0.5, 0.6) is 0 Å². The summed E-state index contributed by atoms with van der Waals surface area (Å²) in [7, 11) is 0. The Bertz CT molecular complexity index is 716. The Morgan fingerprint density at radius 2 is 2.00 bits per heavy atom. The number of halogens is 2. The molecule has 0 bridgehead atoms. The summed E-state index contributed by atoms with van der Waals surface area (Å²) in [4.78, 5) is 8.91. The van der Waals surface area contributed by atoms with Crippen molar-refractivity contribution in [3.8, 4) is 11.4 Å². The highest BCUT2D eigenvalue weighted by Crippen LogP contribution is 2.33. The first-order valence-corrected chi connectivity index (χ1v) is 7.66. The standard InChI is InChI=1S/C13H8ClIN2S/c1-7-11(15)12(14)17-13(16-7)9-6-18-10-5-3-2-4-8(9)10/h2-6H,1H3. The van der Waals surface area contributed by atoms with Gasteiger partial charge in [0.2, 0.25) is 0 Å². The molecule has 0 saturated carbocycles. The van der Waals surface area contributed by atoms with Crippen LogP contribution in [0, 0.1) is 10.5 Å². The molecule has 1 aromatic carbocycles. The number of aryl methyl sites for hydroxylation is 1. The van der Waals surface area contributed by atoms with E-state index in [-0.39, 0.29) is 0 Å². The van der Waals surface area contributed by atoms with Crippen molar-refractivity contribution in [3.05, 3.63) is 44.1 Å². The van der Waals surface area contributed by atoms with Crippen LogP contribution in [0.1, 0.15) is 5.69 Å². The van der Waals surface area contributed by atoms with Crippen LogP contribution in [-0.4, -0.2) is 9.97 Å². The molecule has 0 aliphatic heterocycles. The summed E-state index contributed by atoms with van der Waals surface area (Å²) in [5.41, 5.74) is 1.97. The SMILES string of the molecule is Cc1nc(-c2csc3ccccc23)nc(Cl)c1I.